The largest absolute Gasteiger partial charge is 0.496 e. The summed E-state index contributed by atoms with van der Waals surface area (Å²) in [5, 5.41) is 7.12. The molecule has 0 bridgehead atoms. The number of carboxylic acid groups (broad SMARTS) is 1. The summed E-state index contributed by atoms with van der Waals surface area (Å²) < 4.78 is 47.3. The Labute approximate surface area is 183 Å². The van der Waals surface area contributed by atoms with Gasteiger partial charge in [-0.1, -0.05) is 18.2 Å². The van der Waals surface area contributed by atoms with Crippen LogP contribution in [0.5, 0.6) is 5.75 Å². The Balaban J connectivity index is 0.000000633. The standard InChI is InChI=1S/C18H26N2O5.C2HF3O2/c1-12(11-14-7-5-6-8-15(14)23-4)20(3)17(22)25-13(2)24-16(21)18(19)9-10-18;3-2(4,5)1(6)7/h5-8,12-13H,9-11,19H2,1-4H3;(H,6,7). The Bertz CT molecular complexity index is 813. The number of alkyl halides is 3. The number of carbonyl (C=O) groups is 3. The SMILES string of the molecule is COc1ccccc1CC(C)N(C)C(=O)OC(C)OC(=O)C1(N)CC1.O=C(O)C(F)(F)F. The second-order valence-corrected chi connectivity index (χ2v) is 7.29. The van der Waals surface area contributed by atoms with Crippen LogP contribution < -0.4 is 10.5 Å². The highest BCUT2D eigenvalue weighted by Crippen LogP contribution is 2.33. The molecule has 1 aromatic carbocycles. The van der Waals surface area contributed by atoms with Crippen molar-refractivity contribution in [1.29, 1.82) is 0 Å². The highest BCUT2D eigenvalue weighted by atomic mass is 19.4. The van der Waals surface area contributed by atoms with Gasteiger partial charge in [-0.3, -0.25) is 0 Å². The Kier molecular flexibility index (Phi) is 9.31. The van der Waals surface area contributed by atoms with Crippen LogP contribution in [-0.2, 0) is 25.5 Å². The molecule has 0 aromatic heterocycles. The van der Waals surface area contributed by atoms with Gasteiger partial charge in [0.25, 0.3) is 0 Å². The van der Waals surface area contributed by atoms with Gasteiger partial charge >= 0.3 is 24.2 Å². The van der Waals surface area contributed by atoms with Crippen molar-refractivity contribution in [2.75, 3.05) is 14.2 Å². The van der Waals surface area contributed by atoms with Crippen molar-refractivity contribution < 1.29 is 46.9 Å². The molecule has 9 nitrogen and oxygen atoms in total. The number of nitrogens with zero attached hydrogens (tertiary/aromatic N) is 1. The summed E-state index contributed by atoms with van der Waals surface area (Å²) in [5.74, 6) is -2.51. The van der Waals surface area contributed by atoms with Gasteiger partial charge < -0.3 is 30.0 Å². The topological polar surface area (TPSA) is 128 Å². The third-order valence-corrected chi connectivity index (χ3v) is 4.63. The van der Waals surface area contributed by atoms with E-state index < -0.39 is 36.0 Å². The zero-order valence-corrected chi connectivity index (χ0v) is 18.1. The summed E-state index contributed by atoms with van der Waals surface area (Å²) in [5.41, 5.74) is 5.85. The second-order valence-electron chi connectivity index (χ2n) is 7.29. The summed E-state index contributed by atoms with van der Waals surface area (Å²) in [7, 11) is 3.25. The highest BCUT2D eigenvalue weighted by molar-refractivity contribution is 5.84. The molecule has 12 heteroatoms. The first-order valence-corrected chi connectivity index (χ1v) is 9.56. The van der Waals surface area contributed by atoms with Crippen molar-refractivity contribution in [2.45, 2.75) is 57.2 Å². The fourth-order valence-corrected chi connectivity index (χ4v) is 2.36. The van der Waals surface area contributed by atoms with Crippen LogP contribution >= 0.6 is 0 Å². The first-order chi connectivity index (χ1) is 14.7. The van der Waals surface area contributed by atoms with Crippen LogP contribution in [0.1, 0.15) is 32.3 Å². The number of hydrogen-bond donors (Lipinski definition) is 2. The maximum atomic E-state index is 12.2. The Hall–Kier alpha value is -3.02. The Morgan fingerprint density at radius 1 is 1.19 bits per heavy atom. The van der Waals surface area contributed by atoms with Crippen LogP contribution in [0.2, 0.25) is 0 Å². The molecule has 3 N–H and O–H groups in total. The molecule has 1 aliphatic carbocycles. The van der Waals surface area contributed by atoms with E-state index in [1.54, 1.807) is 14.2 Å². The van der Waals surface area contributed by atoms with Gasteiger partial charge in [0.05, 0.1) is 7.11 Å². The third-order valence-electron chi connectivity index (χ3n) is 4.63. The van der Waals surface area contributed by atoms with Crippen LogP contribution in [0.4, 0.5) is 18.0 Å². The van der Waals surface area contributed by atoms with Crippen LogP contribution in [0.25, 0.3) is 0 Å². The fraction of sp³-hybridized carbons (Fsp3) is 0.550. The number of ether oxygens (including phenoxy) is 3. The number of carboxylic acids is 1. The molecule has 2 rings (SSSR count). The van der Waals surface area contributed by atoms with E-state index in [1.165, 1.54) is 11.8 Å². The number of para-hydroxylation sites is 1. The van der Waals surface area contributed by atoms with Crippen molar-refractivity contribution >= 4 is 18.0 Å². The molecule has 0 saturated heterocycles. The molecule has 2 atom stereocenters. The second kappa shape index (κ2) is 11.0. The maximum absolute atomic E-state index is 12.2. The fourth-order valence-electron chi connectivity index (χ4n) is 2.36. The number of methoxy groups -OCH3 is 1. The summed E-state index contributed by atoms with van der Waals surface area (Å²) in [6.45, 7) is 3.41. The molecule has 180 valence electrons. The summed E-state index contributed by atoms with van der Waals surface area (Å²) in [6.07, 6.45) is -4.83. The van der Waals surface area contributed by atoms with Crippen molar-refractivity contribution in [1.82, 2.24) is 4.90 Å². The van der Waals surface area contributed by atoms with Gasteiger partial charge in [-0.05, 0) is 37.8 Å². The molecule has 0 spiro atoms. The summed E-state index contributed by atoms with van der Waals surface area (Å²) >= 11 is 0. The van der Waals surface area contributed by atoms with Crippen molar-refractivity contribution in [3.63, 3.8) is 0 Å². The van der Waals surface area contributed by atoms with Crippen LogP contribution in [0, 0.1) is 0 Å². The Morgan fingerprint density at radius 3 is 2.19 bits per heavy atom. The van der Waals surface area contributed by atoms with E-state index in [-0.39, 0.29) is 6.04 Å². The van der Waals surface area contributed by atoms with E-state index in [0.717, 1.165) is 11.3 Å². The molecule has 1 aliphatic rings. The minimum absolute atomic E-state index is 0.129. The molecule has 1 amide bonds. The maximum Gasteiger partial charge on any atom is 0.490 e. The molecular weight excluding hydrogens is 437 g/mol. The predicted molar refractivity (Wildman–Crippen MR) is 106 cm³/mol. The Morgan fingerprint density at radius 2 is 1.72 bits per heavy atom. The van der Waals surface area contributed by atoms with E-state index in [0.29, 0.717) is 19.3 Å². The van der Waals surface area contributed by atoms with E-state index in [9.17, 15) is 22.8 Å². The van der Waals surface area contributed by atoms with Gasteiger partial charge in [0, 0.05) is 20.0 Å². The number of likely N-dealkylation sites (N-methyl/N-ethyl adjacent to an activating group) is 1. The van der Waals surface area contributed by atoms with Crippen molar-refractivity contribution in [2.24, 2.45) is 5.73 Å². The lowest BCUT2D eigenvalue weighted by Crippen LogP contribution is -2.41. The van der Waals surface area contributed by atoms with Crippen LogP contribution in [0.3, 0.4) is 0 Å². The molecule has 2 unspecified atom stereocenters. The van der Waals surface area contributed by atoms with Gasteiger partial charge in [0.15, 0.2) is 0 Å². The average Bonchev–Trinajstić information content (AvgIpc) is 3.46. The van der Waals surface area contributed by atoms with Crippen LogP contribution in [0.15, 0.2) is 24.3 Å². The molecule has 1 fully saturated rings. The molecule has 0 radical (unpaired) electrons. The number of aliphatic carboxylic acids is 1. The quantitative estimate of drug-likeness (QED) is 0.466. The average molecular weight is 464 g/mol. The number of rotatable bonds is 7. The molecular formula is C20H27F3N2O7. The smallest absolute Gasteiger partial charge is 0.490 e. The number of hydrogen-bond acceptors (Lipinski definition) is 7. The van der Waals surface area contributed by atoms with E-state index in [1.807, 2.05) is 31.2 Å². The minimum Gasteiger partial charge on any atom is -0.496 e. The first kappa shape index (κ1) is 27.0. The van der Waals surface area contributed by atoms with Gasteiger partial charge in [0.1, 0.15) is 11.3 Å². The number of halogens is 3. The van der Waals surface area contributed by atoms with E-state index >= 15 is 0 Å². The lowest BCUT2D eigenvalue weighted by atomic mass is 10.1. The first-order valence-electron chi connectivity index (χ1n) is 9.56. The number of amides is 1. The van der Waals surface area contributed by atoms with Gasteiger partial charge in [-0.2, -0.15) is 13.2 Å². The van der Waals surface area contributed by atoms with Gasteiger partial charge in [-0.25, -0.2) is 14.4 Å². The van der Waals surface area contributed by atoms with Crippen molar-refractivity contribution in [3.05, 3.63) is 29.8 Å². The molecule has 1 saturated carbocycles. The zero-order chi connectivity index (χ0) is 24.7. The number of carbonyl (C=O) groups excluding carboxylic acids is 2. The lowest BCUT2D eigenvalue weighted by Gasteiger charge is -2.26. The molecule has 0 aliphatic heterocycles. The van der Waals surface area contributed by atoms with Crippen LogP contribution in [-0.4, -0.2) is 66.2 Å². The van der Waals surface area contributed by atoms with Gasteiger partial charge in [-0.15, -0.1) is 0 Å². The monoisotopic (exact) mass is 464 g/mol. The number of esters is 1. The van der Waals surface area contributed by atoms with E-state index in [2.05, 4.69) is 0 Å². The predicted octanol–water partition coefficient (Wildman–Crippen LogP) is 2.71. The third kappa shape index (κ3) is 8.25. The molecule has 32 heavy (non-hydrogen) atoms. The normalized spacial score (nSPS) is 15.9. The number of benzene rings is 1. The zero-order valence-electron chi connectivity index (χ0n) is 18.1. The van der Waals surface area contributed by atoms with E-state index in [4.69, 9.17) is 29.8 Å². The number of nitrogens with two attached hydrogens (primary N) is 1. The summed E-state index contributed by atoms with van der Waals surface area (Å²) in [4.78, 5) is 34.4. The minimum atomic E-state index is -5.08. The lowest BCUT2D eigenvalue weighted by molar-refractivity contribution is -0.192. The van der Waals surface area contributed by atoms with Crippen molar-refractivity contribution in [3.8, 4) is 5.75 Å². The molecule has 1 aromatic rings. The molecule has 0 heterocycles. The highest BCUT2D eigenvalue weighted by Gasteiger charge is 2.48. The summed E-state index contributed by atoms with van der Waals surface area (Å²) in [6, 6.07) is 7.52. The van der Waals surface area contributed by atoms with Gasteiger partial charge in [0.2, 0.25) is 6.29 Å².